The molecule has 1 N–H and O–H groups in total. The molecule has 0 unspecified atom stereocenters. The summed E-state index contributed by atoms with van der Waals surface area (Å²) in [6.45, 7) is 4.63. The lowest BCUT2D eigenvalue weighted by atomic mass is 10.2. The Hall–Kier alpha value is -3.43. The highest BCUT2D eigenvalue weighted by Gasteiger charge is 2.20. The van der Waals surface area contributed by atoms with Gasteiger partial charge in [0.05, 0.1) is 4.90 Å². The molecule has 0 radical (unpaired) electrons. The molecule has 0 bridgehead atoms. The number of anilines is 2. The van der Waals surface area contributed by atoms with E-state index in [4.69, 9.17) is 0 Å². The van der Waals surface area contributed by atoms with Crippen LogP contribution in [0.1, 0.15) is 5.69 Å². The molecule has 1 aliphatic heterocycles. The van der Waals surface area contributed by atoms with E-state index in [9.17, 15) is 8.42 Å². The first-order valence-corrected chi connectivity index (χ1v) is 12.4. The number of nitrogens with one attached hydrogen (secondary N) is 1. The van der Waals surface area contributed by atoms with Crippen LogP contribution in [-0.4, -0.2) is 54.0 Å². The quantitative estimate of drug-likeness (QED) is 0.474. The van der Waals surface area contributed by atoms with Gasteiger partial charge >= 0.3 is 0 Å². The summed E-state index contributed by atoms with van der Waals surface area (Å²) in [5.74, 6) is 0.247. The lowest BCUT2D eigenvalue weighted by Gasteiger charge is -2.36. The van der Waals surface area contributed by atoms with E-state index < -0.39 is 10.0 Å². The van der Waals surface area contributed by atoms with Crippen molar-refractivity contribution in [1.29, 1.82) is 0 Å². The molecule has 33 heavy (non-hydrogen) atoms. The summed E-state index contributed by atoms with van der Waals surface area (Å²) in [4.78, 5) is 12.7. The zero-order valence-corrected chi connectivity index (χ0v) is 19.2. The number of aromatic nitrogens is 3. The van der Waals surface area contributed by atoms with E-state index in [1.54, 1.807) is 12.1 Å². The summed E-state index contributed by atoms with van der Waals surface area (Å²) < 4.78 is 30.0. The number of hydrogen-bond acceptors (Lipinski definition) is 6. The number of fused-ring (bicyclic) bond motifs is 1. The van der Waals surface area contributed by atoms with Gasteiger partial charge in [-0.1, -0.05) is 18.2 Å². The summed E-state index contributed by atoms with van der Waals surface area (Å²) >= 11 is 0. The van der Waals surface area contributed by atoms with E-state index in [0.717, 1.165) is 38.4 Å². The number of benzene rings is 2. The van der Waals surface area contributed by atoms with Crippen LogP contribution in [0.4, 0.5) is 11.5 Å². The zero-order valence-electron chi connectivity index (χ0n) is 18.4. The summed E-state index contributed by atoms with van der Waals surface area (Å²) in [7, 11) is -1.56. The number of para-hydroxylation sites is 1. The van der Waals surface area contributed by atoms with Crippen LogP contribution in [0.25, 0.3) is 10.9 Å². The van der Waals surface area contributed by atoms with Gasteiger partial charge in [0, 0.05) is 62.9 Å². The maximum Gasteiger partial charge on any atom is 0.263 e. The minimum atomic E-state index is -3.69. The predicted octanol–water partition coefficient (Wildman–Crippen LogP) is 3.09. The Balaban J connectivity index is 1.21. The second-order valence-electron chi connectivity index (χ2n) is 8.21. The second kappa shape index (κ2) is 8.84. The molecular formula is C24H26N6O2S. The topological polar surface area (TPSA) is 83.4 Å². The average molecular weight is 463 g/mol. The zero-order chi connectivity index (χ0) is 22.8. The molecule has 170 valence electrons. The Kier molecular flexibility index (Phi) is 5.74. The molecule has 5 rings (SSSR count). The lowest BCUT2D eigenvalue weighted by molar-refractivity contribution is 0.245. The molecule has 0 spiro atoms. The van der Waals surface area contributed by atoms with E-state index in [1.807, 2.05) is 12.1 Å². The maximum absolute atomic E-state index is 12.6. The highest BCUT2D eigenvalue weighted by molar-refractivity contribution is 7.92. The van der Waals surface area contributed by atoms with Gasteiger partial charge in [-0.25, -0.2) is 18.4 Å². The van der Waals surface area contributed by atoms with Crippen LogP contribution < -0.4 is 9.62 Å². The van der Waals surface area contributed by atoms with Gasteiger partial charge in [-0.2, -0.15) is 0 Å². The van der Waals surface area contributed by atoms with Crippen molar-refractivity contribution in [3.8, 4) is 0 Å². The molecule has 1 aliphatic rings. The van der Waals surface area contributed by atoms with E-state index in [0.29, 0.717) is 0 Å². The van der Waals surface area contributed by atoms with Crippen LogP contribution in [0.2, 0.25) is 0 Å². The number of nitrogens with zero attached hydrogens (tertiary/aromatic N) is 5. The van der Waals surface area contributed by atoms with Gasteiger partial charge in [0.25, 0.3) is 10.0 Å². The normalized spacial score (nSPS) is 15.1. The van der Waals surface area contributed by atoms with Crippen molar-refractivity contribution in [3.63, 3.8) is 0 Å². The molecule has 0 atom stereocenters. The van der Waals surface area contributed by atoms with Gasteiger partial charge in [-0.05, 0) is 47.9 Å². The van der Waals surface area contributed by atoms with E-state index >= 15 is 0 Å². The molecule has 3 heterocycles. The molecule has 0 aliphatic carbocycles. The first kappa shape index (κ1) is 21.4. The molecule has 4 aromatic rings. The fourth-order valence-electron chi connectivity index (χ4n) is 4.27. The third-order valence-corrected chi connectivity index (χ3v) is 7.51. The first-order chi connectivity index (χ1) is 16.0. The van der Waals surface area contributed by atoms with Gasteiger partial charge in [0.15, 0.2) is 0 Å². The van der Waals surface area contributed by atoms with Crippen molar-refractivity contribution >= 4 is 32.4 Å². The Morgan fingerprint density at radius 3 is 2.42 bits per heavy atom. The average Bonchev–Trinajstić information content (AvgIpc) is 3.15. The van der Waals surface area contributed by atoms with Crippen LogP contribution in [-0.2, 0) is 23.6 Å². The highest BCUT2D eigenvalue weighted by atomic mass is 32.2. The van der Waals surface area contributed by atoms with Crippen LogP contribution in [0.5, 0.6) is 0 Å². The molecule has 1 saturated heterocycles. The van der Waals surface area contributed by atoms with Gasteiger partial charge in [-0.15, -0.1) is 0 Å². The van der Waals surface area contributed by atoms with Crippen molar-refractivity contribution in [2.45, 2.75) is 11.4 Å². The maximum atomic E-state index is 12.6. The van der Waals surface area contributed by atoms with Crippen molar-refractivity contribution in [2.24, 2.45) is 7.05 Å². The van der Waals surface area contributed by atoms with Gasteiger partial charge in [0.2, 0.25) is 0 Å². The third-order valence-electron chi connectivity index (χ3n) is 6.14. The first-order valence-electron chi connectivity index (χ1n) is 10.9. The number of hydrogen-bond donors (Lipinski definition) is 1. The van der Waals surface area contributed by atoms with Crippen LogP contribution in [0.3, 0.4) is 0 Å². The third kappa shape index (κ3) is 4.55. The summed E-state index contributed by atoms with van der Waals surface area (Å²) in [6.07, 6.45) is 2.80. The number of piperazine rings is 1. The van der Waals surface area contributed by atoms with E-state index in [1.165, 1.54) is 35.2 Å². The Morgan fingerprint density at radius 1 is 0.970 bits per heavy atom. The Labute approximate surface area is 193 Å². The largest absolute Gasteiger partial charge is 0.369 e. The van der Waals surface area contributed by atoms with Gasteiger partial charge in [-0.3, -0.25) is 9.62 Å². The summed E-state index contributed by atoms with van der Waals surface area (Å²) in [5.41, 5.74) is 3.60. The van der Waals surface area contributed by atoms with Crippen LogP contribution in [0, 0.1) is 0 Å². The smallest absolute Gasteiger partial charge is 0.263 e. The highest BCUT2D eigenvalue weighted by Crippen LogP contribution is 2.23. The van der Waals surface area contributed by atoms with E-state index in [2.05, 4.69) is 66.4 Å². The molecule has 8 nitrogen and oxygen atoms in total. The number of sulfonamides is 1. The monoisotopic (exact) mass is 462 g/mol. The molecule has 0 saturated carbocycles. The Bertz CT molecular complexity index is 1350. The van der Waals surface area contributed by atoms with Crippen molar-refractivity contribution < 1.29 is 8.42 Å². The standard InChI is InChI=1S/C24H26N6O2S/c1-28-21(16-19-4-2-3-5-23(19)28)17-29-12-14-30(15-13-29)20-6-8-22(9-7-20)33(31,32)27-24-10-11-25-18-26-24/h2-11,16,18H,12-15,17H2,1H3,(H,25,26,27). The fraction of sp³-hybridized carbons (Fsp3) is 0.250. The van der Waals surface area contributed by atoms with Crippen LogP contribution in [0.15, 0.2) is 78.1 Å². The van der Waals surface area contributed by atoms with Crippen molar-refractivity contribution in [1.82, 2.24) is 19.4 Å². The SMILES string of the molecule is Cn1c(CN2CCN(c3ccc(S(=O)(=O)Nc4ccncn4)cc3)CC2)cc2ccccc21. The molecule has 2 aromatic carbocycles. The fourth-order valence-corrected chi connectivity index (χ4v) is 5.28. The lowest BCUT2D eigenvalue weighted by Crippen LogP contribution is -2.46. The van der Waals surface area contributed by atoms with Crippen LogP contribution >= 0.6 is 0 Å². The second-order valence-corrected chi connectivity index (χ2v) is 9.89. The molecule has 1 fully saturated rings. The molecule has 2 aromatic heterocycles. The Morgan fingerprint density at radius 2 is 1.73 bits per heavy atom. The van der Waals surface area contributed by atoms with Gasteiger partial charge in [0.1, 0.15) is 12.1 Å². The summed E-state index contributed by atoms with van der Waals surface area (Å²) in [5, 5.41) is 1.28. The van der Waals surface area contributed by atoms with E-state index in [-0.39, 0.29) is 10.7 Å². The summed E-state index contributed by atoms with van der Waals surface area (Å²) in [6, 6.07) is 19.3. The number of rotatable bonds is 6. The molecule has 0 amide bonds. The minimum absolute atomic E-state index is 0.208. The molecular weight excluding hydrogens is 436 g/mol. The number of aryl methyl sites for hydroxylation is 1. The van der Waals surface area contributed by atoms with Crippen molar-refractivity contribution in [2.75, 3.05) is 35.8 Å². The minimum Gasteiger partial charge on any atom is -0.369 e. The van der Waals surface area contributed by atoms with Gasteiger partial charge < -0.3 is 9.47 Å². The molecule has 9 heteroatoms. The predicted molar refractivity (Wildman–Crippen MR) is 130 cm³/mol. The van der Waals surface area contributed by atoms with Crippen molar-refractivity contribution in [3.05, 3.63) is 78.9 Å².